The molecule has 1 aromatic carbocycles. The van der Waals surface area contributed by atoms with Gasteiger partial charge < -0.3 is 11.1 Å². The van der Waals surface area contributed by atoms with Crippen LogP contribution in [0.4, 0.5) is 8.78 Å². The first-order valence-electron chi connectivity index (χ1n) is 8.42. The molecule has 1 amide bonds. The molecular formula is C19H20F2N4OS. The first kappa shape index (κ1) is 19.2. The van der Waals surface area contributed by atoms with E-state index in [4.69, 9.17) is 5.73 Å². The second kappa shape index (κ2) is 7.98. The highest BCUT2D eigenvalue weighted by atomic mass is 32.1. The topological polar surface area (TPSA) is 72.9 Å². The lowest BCUT2D eigenvalue weighted by molar-refractivity contribution is 0.0942. The summed E-state index contributed by atoms with van der Waals surface area (Å²) in [6, 6.07) is 7.02. The normalized spacial score (nSPS) is 12.2. The van der Waals surface area contributed by atoms with Crippen LogP contribution < -0.4 is 11.1 Å². The Morgan fingerprint density at radius 1 is 1.30 bits per heavy atom. The largest absolute Gasteiger partial charge is 0.347 e. The number of aryl methyl sites for hydroxylation is 2. The molecule has 3 rings (SSSR count). The SMILES string of the molecule is Cc1sc(C(=O)N[C@H](CN)Cc2ccc(F)c(F)c2)cc1-c1ccnn1C. The van der Waals surface area contributed by atoms with E-state index in [9.17, 15) is 13.6 Å². The highest BCUT2D eigenvalue weighted by molar-refractivity contribution is 7.14. The average molecular weight is 390 g/mol. The molecule has 3 N–H and O–H groups in total. The fourth-order valence-electron chi connectivity index (χ4n) is 2.89. The predicted octanol–water partition coefficient (Wildman–Crippen LogP) is 3.04. The number of halogens is 2. The Morgan fingerprint density at radius 3 is 2.70 bits per heavy atom. The Morgan fingerprint density at radius 2 is 2.07 bits per heavy atom. The fraction of sp³-hybridized carbons (Fsp3) is 0.263. The molecule has 27 heavy (non-hydrogen) atoms. The number of thiophene rings is 1. The quantitative estimate of drug-likeness (QED) is 0.680. The Bertz CT molecular complexity index is 967. The smallest absolute Gasteiger partial charge is 0.261 e. The molecule has 0 aliphatic rings. The van der Waals surface area contributed by atoms with Crippen LogP contribution >= 0.6 is 11.3 Å². The molecule has 0 radical (unpaired) electrons. The molecule has 0 aliphatic carbocycles. The van der Waals surface area contributed by atoms with Crippen molar-refractivity contribution < 1.29 is 13.6 Å². The summed E-state index contributed by atoms with van der Waals surface area (Å²) in [4.78, 5) is 14.2. The number of carbonyl (C=O) groups excluding carboxylic acids is 1. The number of nitrogens with zero attached hydrogens (tertiary/aromatic N) is 2. The lowest BCUT2D eigenvalue weighted by atomic mass is 10.1. The monoisotopic (exact) mass is 390 g/mol. The van der Waals surface area contributed by atoms with E-state index in [2.05, 4.69) is 10.4 Å². The Kier molecular flexibility index (Phi) is 5.67. The summed E-state index contributed by atoms with van der Waals surface area (Å²) in [6.07, 6.45) is 2.02. The molecule has 8 heteroatoms. The van der Waals surface area contributed by atoms with Gasteiger partial charge in [0.05, 0.1) is 10.6 Å². The molecule has 0 aliphatic heterocycles. The summed E-state index contributed by atoms with van der Waals surface area (Å²) in [5.41, 5.74) is 8.21. The number of hydrogen-bond donors (Lipinski definition) is 2. The van der Waals surface area contributed by atoms with E-state index < -0.39 is 11.6 Å². The Hall–Kier alpha value is -2.58. The minimum Gasteiger partial charge on any atom is -0.347 e. The van der Waals surface area contributed by atoms with E-state index in [1.54, 1.807) is 10.9 Å². The third kappa shape index (κ3) is 4.23. The van der Waals surface area contributed by atoms with Crippen molar-refractivity contribution >= 4 is 17.2 Å². The second-order valence-electron chi connectivity index (χ2n) is 6.28. The minimum atomic E-state index is -0.913. The van der Waals surface area contributed by atoms with Gasteiger partial charge in [-0.1, -0.05) is 6.07 Å². The van der Waals surface area contributed by atoms with Crippen LogP contribution in [0.3, 0.4) is 0 Å². The zero-order valence-electron chi connectivity index (χ0n) is 15.0. The second-order valence-corrected chi connectivity index (χ2v) is 7.54. The molecular weight excluding hydrogens is 370 g/mol. The van der Waals surface area contributed by atoms with Crippen molar-refractivity contribution in [2.75, 3.05) is 6.54 Å². The third-order valence-electron chi connectivity index (χ3n) is 4.32. The zero-order chi connectivity index (χ0) is 19.6. The lowest BCUT2D eigenvalue weighted by Gasteiger charge is -2.16. The van der Waals surface area contributed by atoms with Gasteiger partial charge >= 0.3 is 0 Å². The van der Waals surface area contributed by atoms with Crippen LogP contribution in [0.5, 0.6) is 0 Å². The van der Waals surface area contributed by atoms with Gasteiger partial charge in [0, 0.05) is 36.3 Å². The predicted molar refractivity (Wildman–Crippen MR) is 102 cm³/mol. The first-order chi connectivity index (χ1) is 12.9. The molecule has 142 valence electrons. The van der Waals surface area contributed by atoms with Gasteiger partial charge in [0.1, 0.15) is 0 Å². The minimum absolute atomic E-state index is 0.184. The summed E-state index contributed by atoms with van der Waals surface area (Å²) in [6.45, 7) is 2.13. The summed E-state index contributed by atoms with van der Waals surface area (Å²) in [5, 5.41) is 7.03. The fourth-order valence-corrected chi connectivity index (χ4v) is 3.82. The maximum Gasteiger partial charge on any atom is 0.261 e. The standard InChI is InChI=1S/C19H20F2N4OS/c1-11-14(17-5-6-23-25(17)2)9-18(27-11)19(26)24-13(10-22)7-12-3-4-15(20)16(21)8-12/h3-6,8-9,13H,7,10,22H2,1-2H3,(H,24,26)/t13-/m0/s1. The van der Waals surface area contributed by atoms with Gasteiger partial charge in [0.25, 0.3) is 5.91 Å². The maximum absolute atomic E-state index is 13.4. The summed E-state index contributed by atoms with van der Waals surface area (Å²) in [5.74, 6) is -2.05. The molecule has 3 aromatic rings. The first-order valence-corrected chi connectivity index (χ1v) is 9.24. The number of hydrogen-bond acceptors (Lipinski definition) is 4. The Balaban J connectivity index is 1.73. The van der Waals surface area contributed by atoms with Crippen molar-refractivity contribution in [2.45, 2.75) is 19.4 Å². The van der Waals surface area contributed by atoms with Crippen LogP contribution in [0.2, 0.25) is 0 Å². The van der Waals surface area contributed by atoms with E-state index in [1.807, 2.05) is 26.1 Å². The Labute approximate surface area is 159 Å². The number of benzene rings is 1. The lowest BCUT2D eigenvalue weighted by Crippen LogP contribution is -2.41. The van der Waals surface area contributed by atoms with Crippen LogP contribution in [0.25, 0.3) is 11.3 Å². The number of nitrogens with two attached hydrogens (primary N) is 1. The van der Waals surface area contributed by atoms with Crippen LogP contribution in [0, 0.1) is 18.6 Å². The van der Waals surface area contributed by atoms with E-state index in [1.165, 1.54) is 17.4 Å². The molecule has 0 fully saturated rings. The van der Waals surface area contributed by atoms with Crippen LogP contribution in [0.1, 0.15) is 20.1 Å². The van der Waals surface area contributed by atoms with E-state index >= 15 is 0 Å². The molecule has 0 spiro atoms. The van der Waals surface area contributed by atoms with Crippen molar-refractivity contribution in [1.29, 1.82) is 0 Å². The van der Waals surface area contributed by atoms with Crippen LogP contribution in [-0.2, 0) is 13.5 Å². The van der Waals surface area contributed by atoms with Gasteiger partial charge in [0.2, 0.25) is 0 Å². The number of carbonyl (C=O) groups is 1. The number of aromatic nitrogens is 2. The van der Waals surface area contributed by atoms with Crippen molar-refractivity contribution in [2.24, 2.45) is 12.8 Å². The third-order valence-corrected chi connectivity index (χ3v) is 5.37. The summed E-state index contributed by atoms with van der Waals surface area (Å²) >= 11 is 1.39. The molecule has 2 aromatic heterocycles. The summed E-state index contributed by atoms with van der Waals surface area (Å²) in [7, 11) is 1.85. The van der Waals surface area contributed by atoms with Crippen molar-refractivity contribution in [1.82, 2.24) is 15.1 Å². The van der Waals surface area contributed by atoms with Gasteiger partial charge in [-0.25, -0.2) is 8.78 Å². The molecule has 0 saturated heterocycles. The summed E-state index contributed by atoms with van der Waals surface area (Å²) < 4.78 is 28.2. The molecule has 5 nitrogen and oxygen atoms in total. The molecule has 0 saturated carbocycles. The molecule has 0 unspecified atom stereocenters. The van der Waals surface area contributed by atoms with E-state index in [-0.39, 0.29) is 18.5 Å². The highest BCUT2D eigenvalue weighted by Gasteiger charge is 2.18. The highest BCUT2D eigenvalue weighted by Crippen LogP contribution is 2.30. The van der Waals surface area contributed by atoms with Crippen LogP contribution in [0.15, 0.2) is 36.5 Å². The number of nitrogens with one attached hydrogen (secondary N) is 1. The molecule has 1 atom stereocenters. The van der Waals surface area contributed by atoms with E-state index in [0.29, 0.717) is 16.9 Å². The van der Waals surface area contributed by atoms with Gasteiger partial charge in [-0.3, -0.25) is 9.48 Å². The molecule has 2 heterocycles. The maximum atomic E-state index is 13.4. The zero-order valence-corrected chi connectivity index (χ0v) is 15.8. The van der Waals surface area contributed by atoms with Crippen molar-refractivity contribution in [3.63, 3.8) is 0 Å². The van der Waals surface area contributed by atoms with Gasteiger partial charge in [-0.05, 0) is 43.2 Å². The van der Waals surface area contributed by atoms with Gasteiger partial charge in [-0.2, -0.15) is 5.10 Å². The molecule has 0 bridgehead atoms. The van der Waals surface area contributed by atoms with Crippen molar-refractivity contribution in [3.05, 3.63) is 63.5 Å². The number of amides is 1. The van der Waals surface area contributed by atoms with Gasteiger partial charge in [-0.15, -0.1) is 11.3 Å². The van der Waals surface area contributed by atoms with Gasteiger partial charge in [0.15, 0.2) is 11.6 Å². The van der Waals surface area contributed by atoms with Crippen molar-refractivity contribution in [3.8, 4) is 11.3 Å². The number of rotatable bonds is 6. The van der Waals surface area contributed by atoms with E-state index in [0.717, 1.165) is 28.3 Å². The average Bonchev–Trinajstić information content (AvgIpc) is 3.22. The van der Waals surface area contributed by atoms with Crippen LogP contribution in [-0.4, -0.2) is 28.3 Å².